The largest absolute Gasteiger partial charge is 0.337 e. The standard InChI is InChI=1S/C11H12N2O2/c1-2-7-10-9(14)5-8(6-3-4-6)12-11(10)15-13-7/h5-6H,2-4H2,1H3,(H,12,14). The molecule has 3 rings (SSSR count). The predicted molar refractivity (Wildman–Crippen MR) is 56.0 cm³/mol. The summed E-state index contributed by atoms with van der Waals surface area (Å²) in [5, 5.41) is 4.50. The van der Waals surface area contributed by atoms with Gasteiger partial charge in [0.05, 0.1) is 5.69 Å². The Hall–Kier alpha value is -1.58. The van der Waals surface area contributed by atoms with Crippen LogP contribution in [-0.2, 0) is 6.42 Å². The third-order valence-corrected chi connectivity index (χ3v) is 2.91. The van der Waals surface area contributed by atoms with Crippen molar-refractivity contribution in [3.8, 4) is 0 Å². The average Bonchev–Trinajstić information content (AvgIpc) is 2.99. The van der Waals surface area contributed by atoms with E-state index in [4.69, 9.17) is 4.52 Å². The molecule has 0 amide bonds. The minimum absolute atomic E-state index is 0.0313. The van der Waals surface area contributed by atoms with Crippen LogP contribution in [0, 0.1) is 0 Å². The van der Waals surface area contributed by atoms with Gasteiger partial charge in [0.1, 0.15) is 5.39 Å². The molecule has 0 aliphatic heterocycles. The van der Waals surface area contributed by atoms with Gasteiger partial charge >= 0.3 is 0 Å². The lowest BCUT2D eigenvalue weighted by molar-refractivity contribution is 0.439. The molecule has 1 fully saturated rings. The zero-order valence-corrected chi connectivity index (χ0v) is 8.54. The smallest absolute Gasteiger partial charge is 0.240 e. The van der Waals surface area contributed by atoms with Crippen LogP contribution in [0.3, 0.4) is 0 Å². The molecule has 0 bridgehead atoms. The maximum atomic E-state index is 11.9. The minimum atomic E-state index is 0.0313. The van der Waals surface area contributed by atoms with Crippen molar-refractivity contribution in [3.63, 3.8) is 0 Å². The molecule has 1 saturated carbocycles. The molecular formula is C11H12N2O2. The first-order valence-corrected chi connectivity index (χ1v) is 5.31. The first-order chi connectivity index (χ1) is 7.29. The summed E-state index contributed by atoms with van der Waals surface area (Å²) >= 11 is 0. The Balaban J connectivity index is 2.28. The van der Waals surface area contributed by atoms with E-state index in [2.05, 4.69) is 10.1 Å². The van der Waals surface area contributed by atoms with E-state index in [-0.39, 0.29) is 5.43 Å². The molecule has 15 heavy (non-hydrogen) atoms. The number of nitrogens with zero attached hydrogens (tertiary/aromatic N) is 1. The van der Waals surface area contributed by atoms with Crippen LogP contribution in [0.4, 0.5) is 0 Å². The molecule has 0 saturated heterocycles. The van der Waals surface area contributed by atoms with Crippen molar-refractivity contribution in [2.75, 3.05) is 0 Å². The number of nitrogens with one attached hydrogen (secondary N) is 1. The van der Waals surface area contributed by atoms with Gasteiger partial charge in [-0.15, -0.1) is 0 Å². The van der Waals surface area contributed by atoms with Gasteiger partial charge in [-0.1, -0.05) is 12.1 Å². The Bertz CT molecular complexity index is 563. The van der Waals surface area contributed by atoms with Crippen LogP contribution in [0.1, 0.15) is 37.1 Å². The Labute approximate surface area is 86.3 Å². The van der Waals surface area contributed by atoms with Crippen LogP contribution in [0.15, 0.2) is 15.4 Å². The second-order valence-electron chi connectivity index (χ2n) is 4.05. The van der Waals surface area contributed by atoms with Gasteiger partial charge in [0.25, 0.3) is 0 Å². The first-order valence-electron chi connectivity index (χ1n) is 5.31. The van der Waals surface area contributed by atoms with Gasteiger partial charge in [-0.25, -0.2) is 0 Å². The summed E-state index contributed by atoms with van der Waals surface area (Å²) < 4.78 is 5.13. The van der Waals surface area contributed by atoms with Crippen LogP contribution in [0.2, 0.25) is 0 Å². The third-order valence-electron chi connectivity index (χ3n) is 2.91. The Morgan fingerprint density at radius 1 is 1.60 bits per heavy atom. The highest BCUT2D eigenvalue weighted by Crippen LogP contribution is 2.38. The number of hydrogen-bond acceptors (Lipinski definition) is 3. The van der Waals surface area contributed by atoms with E-state index in [0.29, 0.717) is 17.0 Å². The van der Waals surface area contributed by atoms with Gasteiger partial charge in [-0.2, -0.15) is 0 Å². The van der Waals surface area contributed by atoms with Crippen molar-refractivity contribution in [2.45, 2.75) is 32.1 Å². The summed E-state index contributed by atoms with van der Waals surface area (Å²) in [4.78, 5) is 15.0. The molecule has 1 aliphatic rings. The van der Waals surface area contributed by atoms with Crippen molar-refractivity contribution < 1.29 is 4.52 Å². The monoisotopic (exact) mass is 204 g/mol. The molecule has 2 heterocycles. The molecule has 0 spiro atoms. The third kappa shape index (κ3) is 1.28. The van der Waals surface area contributed by atoms with E-state index in [0.717, 1.165) is 30.7 Å². The van der Waals surface area contributed by atoms with E-state index in [1.807, 2.05) is 6.92 Å². The van der Waals surface area contributed by atoms with Gasteiger partial charge in [0.2, 0.25) is 5.71 Å². The molecule has 2 aromatic heterocycles. The molecule has 2 aromatic rings. The highest BCUT2D eigenvalue weighted by atomic mass is 16.5. The molecule has 0 unspecified atom stereocenters. The second-order valence-corrected chi connectivity index (χ2v) is 4.05. The van der Waals surface area contributed by atoms with Crippen molar-refractivity contribution in [1.29, 1.82) is 0 Å². The maximum absolute atomic E-state index is 11.9. The van der Waals surface area contributed by atoms with E-state index in [1.165, 1.54) is 0 Å². The average molecular weight is 204 g/mol. The molecular weight excluding hydrogens is 192 g/mol. The maximum Gasteiger partial charge on any atom is 0.240 e. The lowest BCUT2D eigenvalue weighted by Crippen LogP contribution is -2.04. The summed E-state index contributed by atoms with van der Waals surface area (Å²) in [6, 6.07) is 1.69. The normalized spacial score (nSPS) is 16.1. The summed E-state index contributed by atoms with van der Waals surface area (Å²) in [5.74, 6) is 0.525. The summed E-state index contributed by atoms with van der Waals surface area (Å²) in [6.07, 6.45) is 3.05. The molecule has 0 atom stereocenters. The molecule has 1 N–H and O–H groups in total. The highest BCUT2D eigenvalue weighted by molar-refractivity contribution is 5.75. The topological polar surface area (TPSA) is 58.9 Å². The number of pyridine rings is 1. The van der Waals surface area contributed by atoms with Gasteiger partial charge < -0.3 is 9.51 Å². The van der Waals surface area contributed by atoms with E-state index >= 15 is 0 Å². The summed E-state index contributed by atoms with van der Waals surface area (Å²) in [6.45, 7) is 1.96. The number of hydrogen-bond donors (Lipinski definition) is 1. The molecule has 1 aliphatic carbocycles. The van der Waals surface area contributed by atoms with Crippen LogP contribution >= 0.6 is 0 Å². The Kier molecular flexibility index (Phi) is 1.71. The molecule has 4 heteroatoms. The summed E-state index contributed by atoms with van der Waals surface area (Å²) in [7, 11) is 0. The van der Waals surface area contributed by atoms with Crippen LogP contribution in [0.25, 0.3) is 11.1 Å². The van der Waals surface area contributed by atoms with Crippen LogP contribution < -0.4 is 5.43 Å². The van der Waals surface area contributed by atoms with Crippen LogP contribution in [0.5, 0.6) is 0 Å². The van der Waals surface area contributed by atoms with Gasteiger partial charge in [-0.05, 0) is 25.2 Å². The number of aromatic amines is 1. The zero-order valence-electron chi connectivity index (χ0n) is 8.54. The molecule has 0 radical (unpaired) electrons. The number of H-pyrrole nitrogens is 1. The fourth-order valence-corrected chi connectivity index (χ4v) is 1.90. The lowest BCUT2D eigenvalue weighted by atomic mass is 10.2. The number of aromatic nitrogens is 2. The van der Waals surface area contributed by atoms with E-state index < -0.39 is 0 Å². The van der Waals surface area contributed by atoms with E-state index in [1.54, 1.807) is 6.07 Å². The van der Waals surface area contributed by atoms with Crippen molar-refractivity contribution >= 4 is 11.1 Å². The summed E-state index contributed by atoms with van der Waals surface area (Å²) in [5.41, 5.74) is 2.30. The fourth-order valence-electron chi connectivity index (χ4n) is 1.90. The number of fused-ring (bicyclic) bond motifs is 1. The van der Waals surface area contributed by atoms with Crippen molar-refractivity contribution in [1.82, 2.24) is 10.1 Å². The minimum Gasteiger partial charge on any atom is -0.337 e. The number of rotatable bonds is 2. The van der Waals surface area contributed by atoms with Crippen LogP contribution in [-0.4, -0.2) is 10.1 Å². The SMILES string of the molecule is CCc1noc2[nH]c(C3CC3)cc(=O)c12. The van der Waals surface area contributed by atoms with Crippen molar-refractivity contribution in [3.05, 3.63) is 27.7 Å². The zero-order chi connectivity index (χ0) is 10.4. The predicted octanol–water partition coefficient (Wildman–Crippen LogP) is 1.96. The van der Waals surface area contributed by atoms with Gasteiger partial charge in [0, 0.05) is 11.8 Å². The van der Waals surface area contributed by atoms with Gasteiger partial charge in [0.15, 0.2) is 5.43 Å². The number of aryl methyl sites for hydroxylation is 1. The molecule has 0 aromatic carbocycles. The van der Waals surface area contributed by atoms with E-state index in [9.17, 15) is 4.79 Å². The van der Waals surface area contributed by atoms with Crippen molar-refractivity contribution in [2.24, 2.45) is 0 Å². The fraction of sp³-hybridized carbons (Fsp3) is 0.455. The molecule has 4 nitrogen and oxygen atoms in total. The highest BCUT2D eigenvalue weighted by Gasteiger charge is 2.26. The van der Waals surface area contributed by atoms with Gasteiger partial charge in [-0.3, -0.25) is 4.79 Å². The quantitative estimate of drug-likeness (QED) is 0.813. The Morgan fingerprint density at radius 2 is 2.40 bits per heavy atom. The Morgan fingerprint density at radius 3 is 3.07 bits per heavy atom. The molecule has 78 valence electrons. The lowest BCUT2D eigenvalue weighted by Gasteiger charge is -1.96. The second kappa shape index (κ2) is 2.95. The first kappa shape index (κ1) is 8.71.